The maximum absolute atomic E-state index is 13.3. The molecule has 0 radical (unpaired) electrons. The lowest BCUT2D eigenvalue weighted by molar-refractivity contribution is 0.0938. The van der Waals surface area contributed by atoms with Crippen LogP contribution >= 0.6 is 0 Å². The number of aryl methyl sites for hydroxylation is 1. The zero-order valence-corrected chi connectivity index (χ0v) is 19.8. The quantitative estimate of drug-likeness (QED) is 0.599. The average molecular weight is 468 g/mol. The van der Waals surface area contributed by atoms with Gasteiger partial charge >= 0.3 is 0 Å². The smallest absolute Gasteiger partial charge is 0.257 e. The Bertz CT molecular complexity index is 1330. The number of hydrogen-bond acceptors (Lipinski definition) is 4. The SMILES string of the molecule is CCn1cc(C(=O)NC(C)c2ccccc2)c(=O)c2cc(S(=O)(=O)N3CCCCC3)ccc21. The lowest BCUT2D eigenvalue weighted by atomic mass is 10.1. The van der Waals surface area contributed by atoms with Gasteiger partial charge in [-0.1, -0.05) is 36.8 Å². The first kappa shape index (κ1) is 23.2. The van der Waals surface area contributed by atoms with Crippen LogP contribution < -0.4 is 10.7 Å². The summed E-state index contributed by atoms with van der Waals surface area (Å²) >= 11 is 0. The van der Waals surface area contributed by atoms with Crippen molar-refractivity contribution in [3.8, 4) is 0 Å². The van der Waals surface area contributed by atoms with E-state index >= 15 is 0 Å². The van der Waals surface area contributed by atoms with Gasteiger partial charge in [0, 0.05) is 31.2 Å². The van der Waals surface area contributed by atoms with Gasteiger partial charge in [0.15, 0.2) is 0 Å². The molecule has 0 spiro atoms. The normalized spacial score (nSPS) is 15.9. The van der Waals surface area contributed by atoms with Crippen molar-refractivity contribution >= 4 is 26.8 Å². The monoisotopic (exact) mass is 467 g/mol. The number of sulfonamides is 1. The first-order valence-corrected chi connectivity index (χ1v) is 12.8. The van der Waals surface area contributed by atoms with Crippen LogP contribution in [0.1, 0.15) is 55.1 Å². The third-order valence-corrected chi connectivity index (χ3v) is 8.13. The summed E-state index contributed by atoms with van der Waals surface area (Å²) in [6.07, 6.45) is 4.24. The van der Waals surface area contributed by atoms with Gasteiger partial charge in [0.2, 0.25) is 15.5 Å². The molecular weight excluding hydrogens is 438 g/mol. The minimum Gasteiger partial charge on any atom is -0.347 e. The fourth-order valence-electron chi connectivity index (χ4n) is 4.31. The highest BCUT2D eigenvalue weighted by atomic mass is 32.2. The Labute approximate surface area is 194 Å². The summed E-state index contributed by atoms with van der Waals surface area (Å²) in [5.74, 6) is -0.482. The van der Waals surface area contributed by atoms with Crippen LogP contribution in [0.15, 0.2) is 64.4 Å². The lowest BCUT2D eigenvalue weighted by Gasteiger charge is -2.26. The van der Waals surface area contributed by atoms with Gasteiger partial charge in [-0.15, -0.1) is 0 Å². The van der Waals surface area contributed by atoms with E-state index in [4.69, 9.17) is 0 Å². The maximum atomic E-state index is 13.3. The molecule has 4 rings (SSSR count). The minimum atomic E-state index is -3.69. The molecule has 0 bridgehead atoms. The number of carbonyl (C=O) groups excluding carboxylic acids is 1. The summed E-state index contributed by atoms with van der Waals surface area (Å²) in [5, 5.41) is 3.12. The van der Waals surface area contributed by atoms with E-state index in [0.29, 0.717) is 25.2 Å². The molecule has 3 aromatic rings. The van der Waals surface area contributed by atoms with E-state index in [9.17, 15) is 18.0 Å². The second-order valence-corrected chi connectivity index (χ2v) is 10.3. The molecule has 1 saturated heterocycles. The van der Waals surface area contributed by atoms with E-state index in [1.165, 1.54) is 10.4 Å². The molecule has 8 heteroatoms. The number of carbonyl (C=O) groups is 1. The Morgan fingerprint density at radius 1 is 1.06 bits per heavy atom. The van der Waals surface area contributed by atoms with Crippen LogP contribution in [0, 0.1) is 0 Å². The van der Waals surface area contributed by atoms with Crippen molar-refractivity contribution in [2.45, 2.75) is 50.6 Å². The Hall–Kier alpha value is -2.97. The van der Waals surface area contributed by atoms with Gasteiger partial charge in [0.25, 0.3) is 5.91 Å². The highest BCUT2D eigenvalue weighted by molar-refractivity contribution is 7.89. The summed E-state index contributed by atoms with van der Waals surface area (Å²) in [6.45, 7) is 5.27. The highest BCUT2D eigenvalue weighted by Crippen LogP contribution is 2.24. The molecule has 1 unspecified atom stereocenters. The molecule has 2 aromatic carbocycles. The number of amides is 1. The molecule has 1 atom stereocenters. The molecule has 1 fully saturated rings. The van der Waals surface area contributed by atoms with Gasteiger partial charge in [-0.05, 0) is 50.5 Å². The number of benzene rings is 2. The van der Waals surface area contributed by atoms with Crippen molar-refractivity contribution in [3.05, 3.63) is 76.1 Å². The fraction of sp³-hybridized carbons (Fsp3) is 0.360. The number of piperidine rings is 1. The van der Waals surface area contributed by atoms with Crippen LogP contribution in [0.5, 0.6) is 0 Å². The first-order chi connectivity index (χ1) is 15.8. The van der Waals surface area contributed by atoms with E-state index in [0.717, 1.165) is 24.8 Å². The van der Waals surface area contributed by atoms with E-state index in [1.807, 2.05) is 44.2 Å². The molecule has 2 heterocycles. The Kier molecular flexibility index (Phi) is 6.67. The second-order valence-electron chi connectivity index (χ2n) is 8.41. The predicted molar refractivity (Wildman–Crippen MR) is 129 cm³/mol. The van der Waals surface area contributed by atoms with E-state index in [1.54, 1.807) is 22.9 Å². The number of aromatic nitrogens is 1. The minimum absolute atomic E-state index is 0.000323. The molecule has 7 nitrogen and oxygen atoms in total. The fourth-order valence-corrected chi connectivity index (χ4v) is 5.86. The molecule has 1 N–H and O–H groups in total. The maximum Gasteiger partial charge on any atom is 0.257 e. The number of pyridine rings is 1. The van der Waals surface area contributed by atoms with E-state index < -0.39 is 21.4 Å². The summed E-state index contributed by atoms with van der Waals surface area (Å²) in [7, 11) is -3.69. The van der Waals surface area contributed by atoms with Crippen molar-refractivity contribution in [1.29, 1.82) is 0 Å². The zero-order chi connectivity index (χ0) is 23.6. The average Bonchev–Trinajstić information content (AvgIpc) is 2.85. The number of hydrogen-bond donors (Lipinski definition) is 1. The van der Waals surface area contributed by atoms with Crippen LogP contribution in [0.25, 0.3) is 10.9 Å². The third kappa shape index (κ3) is 4.58. The van der Waals surface area contributed by atoms with Crippen molar-refractivity contribution < 1.29 is 13.2 Å². The number of nitrogens with one attached hydrogen (secondary N) is 1. The standard InChI is InChI=1S/C25H29N3O4S/c1-3-27-17-22(25(30)26-18(2)19-10-6-4-7-11-19)24(29)21-16-20(12-13-23(21)27)33(31,32)28-14-8-5-9-15-28/h4,6-7,10-13,16-18H,3,5,8-9,14-15H2,1-2H3,(H,26,30). The molecule has 0 aliphatic carbocycles. The Morgan fingerprint density at radius 2 is 1.76 bits per heavy atom. The number of nitrogens with zero attached hydrogens (tertiary/aromatic N) is 2. The van der Waals surface area contributed by atoms with Gasteiger partial charge in [-0.3, -0.25) is 9.59 Å². The molecular formula is C25H29N3O4S. The molecule has 1 aromatic heterocycles. The van der Waals surface area contributed by atoms with Crippen molar-refractivity contribution in [2.24, 2.45) is 0 Å². The molecule has 1 amide bonds. The molecule has 1 aliphatic rings. The van der Waals surface area contributed by atoms with E-state index in [-0.39, 0.29) is 21.9 Å². The molecule has 33 heavy (non-hydrogen) atoms. The topological polar surface area (TPSA) is 88.5 Å². The van der Waals surface area contributed by atoms with Crippen LogP contribution in [0.2, 0.25) is 0 Å². The summed E-state index contributed by atoms with van der Waals surface area (Å²) in [6, 6.07) is 13.9. The van der Waals surface area contributed by atoms with Crippen molar-refractivity contribution in [2.75, 3.05) is 13.1 Å². The van der Waals surface area contributed by atoms with Crippen LogP contribution in [-0.4, -0.2) is 36.3 Å². The number of rotatable bonds is 6. The molecule has 1 aliphatic heterocycles. The summed E-state index contributed by atoms with van der Waals surface area (Å²) in [5.41, 5.74) is 1.06. The first-order valence-electron chi connectivity index (χ1n) is 11.4. The van der Waals surface area contributed by atoms with Crippen LogP contribution in [-0.2, 0) is 16.6 Å². The summed E-state index contributed by atoms with van der Waals surface area (Å²) < 4.78 is 29.6. The second kappa shape index (κ2) is 9.49. The van der Waals surface area contributed by atoms with Gasteiger partial charge in [-0.2, -0.15) is 4.31 Å². The van der Waals surface area contributed by atoms with Gasteiger partial charge in [0.1, 0.15) is 5.56 Å². The Balaban J connectivity index is 1.74. The van der Waals surface area contributed by atoms with Crippen molar-refractivity contribution in [3.63, 3.8) is 0 Å². The van der Waals surface area contributed by atoms with Gasteiger partial charge < -0.3 is 9.88 Å². The predicted octanol–water partition coefficient (Wildman–Crippen LogP) is 3.69. The lowest BCUT2D eigenvalue weighted by Crippen LogP contribution is -2.35. The molecule has 174 valence electrons. The van der Waals surface area contributed by atoms with Gasteiger partial charge in [-0.25, -0.2) is 8.42 Å². The van der Waals surface area contributed by atoms with Crippen molar-refractivity contribution in [1.82, 2.24) is 14.2 Å². The number of fused-ring (bicyclic) bond motifs is 1. The molecule has 0 saturated carbocycles. The van der Waals surface area contributed by atoms with Crippen LogP contribution in [0.4, 0.5) is 0 Å². The Morgan fingerprint density at radius 3 is 2.42 bits per heavy atom. The van der Waals surface area contributed by atoms with E-state index in [2.05, 4.69) is 5.32 Å². The summed E-state index contributed by atoms with van der Waals surface area (Å²) in [4.78, 5) is 26.5. The highest BCUT2D eigenvalue weighted by Gasteiger charge is 2.27. The van der Waals surface area contributed by atoms with Gasteiger partial charge in [0.05, 0.1) is 16.5 Å². The largest absolute Gasteiger partial charge is 0.347 e. The zero-order valence-electron chi connectivity index (χ0n) is 19.0. The third-order valence-electron chi connectivity index (χ3n) is 6.24. The van der Waals surface area contributed by atoms with Crippen LogP contribution in [0.3, 0.4) is 0 Å².